The average Bonchev–Trinajstić information content (AvgIpc) is 3.82. The van der Waals surface area contributed by atoms with Crippen LogP contribution in [0.2, 0.25) is 0 Å². The minimum absolute atomic E-state index is 0.619. The van der Waals surface area contributed by atoms with E-state index in [2.05, 4.69) is 91.0 Å². The van der Waals surface area contributed by atoms with E-state index >= 15 is 0 Å². The summed E-state index contributed by atoms with van der Waals surface area (Å²) < 4.78 is 13.2. The topological polar surface area (TPSA) is 65.0 Å². The van der Waals surface area contributed by atoms with Gasteiger partial charge in [-0.25, -0.2) is 15.0 Å². The summed E-state index contributed by atoms with van der Waals surface area (Å²) in [6.45, 7) is 0. The number of furan rings is 2. The van der Waals surface area contributed by atoms with E-state index in [-0.39, 0.29) is 0 Å². The number of fused-ring (bicyclic) bond motifs is 7. The molecule has 0 saturated carbocycles. The molecule has 3 heterocycles. The van der Waals surface area contributed by atoms with Gasteiger partial charge in [-0.1, -0.05) is 146 Å². The fourth-order valence-corrected chi connectivity index (χ4v) is 7.92. The molecule has 11 rings (SSSR count). The molecule has 0 aliphatic rings. The number of para-hydroxylation sites is 3. The molecule has 5 heteroatoms. The van der Waals surface area contributed by atoms with Crippen molar-refractivity contribution in [3.05, 3.63) is 176 Å². The summed E-state index contributed by atoms with van der Waals surface area (Å²) in [5.41, 5.74) is 10.4. The van der Waals surface area contributed by atoms with E-state index in [9.17, 15) is 0 Å². The molecule has 252 valence electrons. The molecule has 8 aromatic carbocycles. The van der Waals surface area contributed by atoms with Crippen molar-refractivity contribution >= 4 is 54.6 Å². The van der Waals surface area contributed by atoms with Crippen LogP contribution in [0.4, 0.5) is 0 Å². The molecule has 0 aliphatic carbocycles. The van der Waals surface area contributed by atoms with Gasteiger partial charge in [-0.3, -0.25) is 0 Å². The molecular weight excluding hydrogens is 663 g/mol. The van der Waals surface area contributed by atoms with Crippen molar-refractivity contribution < 1.29 is 8.83 Å². The molecule has 0 unspecified atom stereocenters. The van der Waals surface area contributed by atoms with Crippen LogP contribution in [0, 0.1) is 0 Å². The van der Waals surface area contributed by atoms with E-state index in [1.807, 2.05) is 84.9 Å². The van der Waals surface area contributed by atoms with Gasteiger partial charge in [0, 0.05) is 49.4 Å². The smallest absolute Gasteiger partial charge is 0.164 e. The van der Waals surface area contributed by atoms with Crippen molar-refractivity contribution in [2.75, 3.05) is 0 Å². The molecule has 0 spiro atoms. The highest BCUT2D eigenvalue weighted by molar-refractivity contribution is 6.21. The van der Waals surface area contributed by atoms with Gasteiger partial charge in [-0.2, -0.15) is 0 Å². The third-order valence-electron chi connectivity index (χ3n) is 10.4. The minimum atomic E-state index is 0.619. The van der Waals surface area contributed by atoms with Crippen LogP contribution >= 0.6 is 0 Å². The summed E-state index contributed by atoms with van der Waals surface area (Å²) in [5, 5.41) is 6.42. The van der Waals surface area contributed by atoms with Gasteiger partial charge in [0.15, 0.2) is 17.5 Å². The van der Waals surface area contributed by atoms with E-state index in [0.717, 1.165) is 93.6 Å². The molecule has 54 heavy (non-hydrogen) atoms. The van der Waals surface area contributed by atoms with Crippen LogP contribution < -0.4 is 0 Å². The molecule has 0 radical (unpaired) electrons. The summed E-state index contributed by atoms with van der Waals surface area (Å²) in [6, 6.07) is 60.3. The van der Waals surface area contributed by atoms with Crippen LogP contribution in [0.1, 0.15) is 0 Å². The maximum Gasteiger partial charge on any atom is 0.164 e. The first-order valence-corrected chi connectivity index (χ1v) is 18.0. The number of hydrogen-bond donors (Lipinski definition) is 0. The second kappa shape index (κ2) is 12.1. The van der Waals surface area contributed by atoms with Gasteiger partial charge < -0.3 is 8.83 Å². The molecular formula is C49H29N3O2. The summed E-state index contributed by atoms with van der Waals surface area (Å²) in [7, 11) is 0. The molecule has 0 N–H and O–H groups in total. The number of rotatable bonds is 5. The Morgan fingerprint density at radius 2 is 0.815 bits per heavy atom. The Morgan fingerprint density at radius 3 is 1.52 bits per heavy atom. The van der Waals surface area contributed by atoms with Gasteiger partial charge in [0.2, 0.25) is 0 Å². The lowest BCUT2D eigenvalue weighted by Crippen LogP contribution is -2.00. The van der Waals surface area contributed by atoms with Crippen LogP contribution in [-0.2, 0) is 0 Å². The van der Waals surface area contributed by atoms with Crippen molar-refractivity contribution in [3.63, 3.8) is 0 Å². The van der Waals surface area contributed by atoms with Gasteiger partial charge in [-0.15, -0.1) is 0 Å². The Balaban J connectivity index is 1.19. The lowest BCUT2D eigenvalue weighted by Gasteiger charge is -2.16. The lowest BCUT2D eigenvalue weighted by atomic mass is 9.87. The molecule has 0 fully saturated rings. The standard InChI is InChI=1S/C49H29N3O2/c1-3-14-30(15-4-1)47-50-48(31-16-5-2-6-17-31)52-49(51-47)38-27-26-34(32-18-7-8-19-33(32)38)36-28-29-43-45(39-21-10-12-25-42(39)53-43)44(36)40-23-13-22-37-35-20-9-11-24-41(35)54-46(37)40/h1-29H. The van der Waals surface area contributed by atoms with E-state index in [1.54, 1.807) is 0 Å². The monoisotopic (exact) mass is 691 g/mol. The zero-order chi connectivity index (χ0) is 35.6. The van der Waals surface area contributed by atoms with Gasteiger partial charge in [0.25, 0.3) is 0 Å². The number of aromatic nitrogens is 3. The Bertz CT molecular complexity index is 3160. The van der Waals surface area contributed by atoms with Crippen molar-refractivity contribution in [2.45, 2.75) is 0 Å². The van der Waals surface area contributed by atoms with Crippen LogP contribution in [0.15, 0.2) is 185 Å². The molecule has 0 amide bonds. The van der Waals surface area contributed by atoms with Crippen LogP contribution in [0.5, 0.6) is 0 Å². The Hall–Kier alpha value is -7.37. The molecule has 0 aliphatic heterocycles. The summed E-state index contributed by atoms with van der Waals surface area (Å²) in [6.07, 6.45) is 0. The predicted octanol–water partition coefficient (Wildman–Crippen LogP) is 13.2. The molecule has 0 atom stereocenters. The fraction of sp³-hybridized carbons (Fsp3) is 0. The maximum atomic E-state index is 6.67. The Labute approximate surface area is 309 Å². The summed E-state index contributed by atoms with van der Waals surface area (Å²) >= 11 is 0. The zero-order valence-corrected chi connectivity index (χ0v) is 28.9. The lowest BCUT2D eigenvalue weighted by molar-refractivity contribution is 0.669. The first kappa shape index (κ1) is 30.3. The SMILES string of the molecule is c1ccc(-c2nc(-c3ccccc3)nc(-c3ccc(-c4ccc5oc6ccccc6c5c4-c4cccc5c4oc4ccccc45)c4ccccc34)n2)cc1. The van der Waals surface area contributed by atoms with E-state index < -0.39 is 0 Å². The quantitative estimate of drug-likeness (QED) is 0.180. The Kier molecular flexibility index (Phi) is 6.79. The third-order valence-corrected chi connectivity index (χ3v) is 10.4. The van der Waals surface area contributed by atoms with Gasteiger partial charge >= 0.3 is 0 Å². The van der Waals surface area contributed by atoms with E-state index in [1.165, 1.54) is 0 Å². The highest BCUT2D eigenvalue weighted by atomic mass is 16.3. The highest BCUT2D eigenvalue weighted by Gasteiger charge is 2.23. The number of nitrogens with zero attached hydrogens (tertiary/aromatic N) is 3. The van der Waals surface area contributed by atoms with Crippen LogP contribution in [-0.4, -0.2) is 15.0 Å². The summed E-state index contributed by atoms with van der Waals surface area (Å²) in [4.78, 5) is 15.1. The largest absolute Gasteiger partial charge is 0.456 e. The molecule has 0 saturated heterocycles. The molecule has 0 bridgehead atoms. The number of benzene rings is 8. The van der Waals surface area contributed by atoms with Gasteiger partial charge in [-0.05, 0) is 52.2 Å². The molecule has 11 aromatic rings. The second-order valence-electron chi connectivity index (χ2n) is 13.5. The van der Waals surface area contributed by atoms with Crippen LogP contribution in [0.25, 0.3) is 111 Å². The highest BCUT2D eigenvalue weighted by Crippen LogP contribution is 2.48. The van der Waals surface area contributed by atoms with Crippen molar-refractivity contribution in [1.82, 2.24) is 15.0 Å². The first-order chi connectivity index (χ1) is 26.8. The maximum absolute atomic E-state index is 6.67. The molecule has 5 nitrogen and oxygen atoms in total. The normalized spacial score (nSPS) is 11.7. The average molecular weight is 692 g/mol. The van der Waals surface area contributed by atoms with E-state index in [4.69, 9.17) is 23.8 Å². The summed E-state index contributed by atoms with van der Waals surface area (Å²) in [5.74, 6) is 1.88. The van der Waals surface area contributed by atoms with Crippen LogP contribution in [0.3, 0.4) is 0 Å². The van der Waals surface area contributed by atoms with E-state index in [0.29, 0.717) is 17.5 Å². The zero-order valence-electron chi connectivity index (χ0n) is 28.9. The molecule has 3 aromatic heterocycles. The van der Waals surface area contributed by atoms with Gasteiger partial charge in [0.05, 0.1) is 0 Å². The van der Waals surface area contributed by atoms with Crippen molar-refractivity contribution in [1.29, 1.82) is 0 Å². The predicted molar refractivity (Wildman–Crippen MR) is 219 cm³/mol. The third kappa shape index (κ3) is 4.76. The Morgan fingerprint density at radius 1 is 0.296 bits per heavy atom. The van der Waals surface area contributed by atoms with Gasteiger partial charge in [0.1, 0.15) is 22.3 Å². The number of hydrogen-bond acceptors (Lipinski definition) is 5. The van der Waals surface area contributed by atoms with Crippen molar-refractivity contribution in [2.24, 2.45) is 0 Å². The first-order valence-electron chi connectivity index (χ1n) is 18.0. The fourth-order valence-electron chi connectivity index (χ4n) is 7.92. The minimum Gasteiger partial charge on any atom is -0.456 e. The second-order valence-corrected chi connectivity index (χ2v) is 13.5. The van der Waals surface area contributed by atoms with Crippen molar-refractivity contribution in [3.8, 4) is 56.4 Å².